The number of rotatable bonds is 4. The molecule has 5 rings (SSSR count). The van der Waals surface area contributed by atoms with E-state index in [-0.39, 0.29) is 17.6 Å². The maximum Gasteiger partial charge on any atom is 0.227 e. The van der Waals surface area contributed by atoms with Crippen LogP contribution in [0.1, 0.15) is 18.4 Å². The van der Waals surface area contributed by atoms with E-state index < -0.39 is 0 Å². The molecule has 0 bridgehead atoms. The third-order valence-electron chi connectivity index (χ3n) is 6.17. The summed E-state index contributed by atoms with van der Waals surface area (Å²) < 4.78 is 0. The van der Waals surface area contributed by atoms with Crippen molar-refractivity contribution < 1.29 is 9.90 Å². The molecule has 166 valence electrons. The van der Waals surface area contributed by atoms with E-state index >= 15 is 0 Å². The third-order valence-corrected chi connectivity index (χ3v) is 6.17. The second-order valence-corrected chi connectivity index (χ2v) is 8.56. The molecule has 0 spiro atoms. The number of hydrogen-bond donors (Lipinski definition) is 2. The number of fused-ring (bicyclic) bond motifs is 1. The smallest absolute Gasteiger partial charge is 0.227 e. The van der Waals surface area contributed by atoms with Gasteiger partial charge in [0.2, 0.25) is 11.9 Å². The van der Waals surface area contributed by atoms with Gasteiger partial charge in [-0.25, -0.2) is 9.97 Å². The van der Waals surface area contributed by atoms with Gasteiger partial charge in [-0.15, -0.1) is 0 Å². The van der Waals surface area contributed by atoms with Crippen molar-refractivity contribution in [3.63, 3.8) is 0 Å². The molecule has 0 atom stereocenters. The lowest BCUT2D eigenvalue weighted by Crippen LogP contribution is -2.39. The van der Waals surface area contributed by atoms with Crippen LogP contribution in [0.4, 0.5) is 11.6 Å². The van der Waals surface area contributed by atoms with Gasteiger partial charge >= 0.3 is 0 Å². The molecule has 1 amide bonds. The van der Waals surface area contributed by atoms with Crippen molar-refractivity contribution in [1.29, 1.82) is 0 Å². The molecule has 1 saturated heterocycles. The Morgan fingerprint density at radius 3 is 2.42 bits per heavy atom. The van der Waals surface area contributed by atoms with Gasteiger partial charge in [0.25, 0.3) is 0 Å². The van der Waals surface area contributed by atoms with E-state index in [0.29, 0.717) is 11.6 Å². The van der Waals surface area contributed by atoms with Crippen LogP contribution in [0.25, 0.3) is 22.2 Å². The number of aromatic nitrogens is 2. The Hall–Kier alpha value is -3.93. The summed E-state index contributed by atoms with van der Waals surface area (Å²) in [6, 6.07) is 23.0. The molecule has 0 saturated carbocycles. The van der Waals surface area contributed by atoms with Gasteiger partial charge in [-0.3, -0.25) is 4.79 Å². The van der Waals surface area contributed by atoms with Crippen LogP contribution in [0.15, 0.2) is 72.8 Å². The maximum atomic E-state index is 12.7. The predicted molar refractivity (Wildman–Crippen MR) is 131 cm³/mol. The van der Waals surface area contributed by atoms with Gasteiger partial charge in [0.15, 0.2) is 0 Å². The average Bonchev–Trinajstić information content (AvgIpc) is 2.85. The van der Waals surface area contributed by atoms with E-state index in [1.807, 2.05) is 18.2 Å². The Bertz CT molecular complexity index is 1280. The van der Waals surface area contributed by atoms with Crippen LogP contribution in [0.5, 0.6) is 5.75 Å². The highest BCUT2D eigenvalue weighted by Crippen LogP contribution is 2.30. The van der Waals surface area contributed by atoms with E-state index in [9.17, 15) is 9.90 Å². The Morgan fingerprint density at radius 2 is 1.70 bits per heavy atom. The first kappa shape index (κ1) is 20.9. The number of carbonyl (C=O) groups is 1. The number of phenols is 1. The molecule has 1 fully saturated rings. The molecule has 2 N–H and O–H groups in total. The normalized spacial score (nSPS) is 14.4. The Balaban J connectivity index is 1.36. The van der Waals surface area contributed by atoms with Gasteiger partial charge in [0, 0.05) is 35.6 Å². The lowest BCUT2D eigenvalue weighted by Gasteiger charge is -2.31. The van der Waals surface area contributed by atoms with Gasteiger partial charge in [-0.1, -0.05) is 42.0 Å². The molecule has 0 aliphatic carbocycles. The van der Waals surface area contributed by atoms with Crippen LogP contribution in [-0.4, -0.2) is 34.1 Å². The summed E-state index contributed by atoms with van der Waals surface area (Å²) in [5.41, 5.74) is 4.81. The summed E-state index contributed by atoms with van der Waals surface area (Å²) in [5.74, 6) is 0.844. The summed E-state index contributed by atoms with van der Waals surface area (Å²) in [5, 5.41) is 13.4. The minimum Gasteiger partial charge on any atom is -0.508 e. The highest BCUT2D eigenvalue weighted by molar-refractivity contribution is 5.94. The van der Waals surface area contributed by atoms with Crippen molar-refractivity contribution in [2.45, 2.75) is 19.8 Å². The predicted octanol–water partition coefficient (Wildman–Crippen LogP) is 5.17. The van der Waals surface area contributed by atoms with Crippen molar-refractivity contribution in [3.8, 4) is 17.0 Å². The number of hydrogen-bond acceptors (Lipinski definition) is 5. The molecule has 0 radical (unpaired) electrons. The van der Waals surface area contributed by atoms with Crippen molar-refractivity contribution in [2.75, 3.05) is 23.3 Å². The molecule has 3 aromatic carbocycles. The fraction of sp³-hybridized carbons (Fsp3) is 0.222. The number of nitrogens with one attached hydrogen (secondary N) is 1. The third kappa shape index (κ3) is 4.51. The monoisotopic (exact) mass is 438 g/mol. The van der Waals surface area contributed by atoms with Gasteiger partial charge in [0.1, 0.15) is 5.75 Å². The SMILES string of the molecule is Cc1ccc2nc(N3CCC(C(=O)Nc4ccc(O)cc4)CC3)nc(-c3ccccc3)c2c1. The molecule has 2 heterocycles. The van der Waals surface area contributed by atoms with E-state index in [4.69, 9.17) is 9.97 Å². The van der Waals surface area contributed by atoms with Crippen LogP contribution < -0.4 is 10.2 Å². The topological polar surface area (TPSA) is 78.4 Å². The Labute approximate surface area is 192 Å². The highest BCUT2D eigenvalue weighted by atomic mass is 16.3. The minimum absolute atomic E-state index is 0.0141. The molecule has 4 aromatic rings. The molecular weight excluding hydrogens is 412 g/mol. The molecule has 0 unspecified atom stereocenters. The van der Waals surface area contributed by atoms with E-state index in [0.717, 1.165) is 48.1 Å². The number of phenolic OH excluding ortho intramolecular Hbond substituents is 1. The van der Waals surface area contributed by atoms with Crippen LogP contribution >= 0.6 is 0 Å². The van der Waals surface area contributed by atoms with Crippen molar-refractivity contribution in [1.82, 2.24) is 9.97 Å². The highest BCUT2D eigenvalue weighted by Gasteiger charge is 2.27. The van der Waals surface area contributed by atoms with Crippen molar-refractivity contribution in [3.05, 3.63) is 78.4 Å². The van der Waals surface area contributed by atoms with Gasteiger partial charge in [-0.05, 0) is 56.2 Å². The van der Waals surface area contributed by atoms with Crippen LogP contribution in [0.3, 0.4) is 0 Å². The fourth-order valence-corrected chi connectivity index (χ4v) is 4.32. The lowest BCUT2D eigenvalue weighted by molar-refractivity contribution is -0.120. The second kappa shape index (κ2) is 8.90. The largest absolute Gasteiger partial charge is 0.508 e. The lowest BCUT2D eigenvalue weighted by atomic mass is 9.96. The van der Waals surface area contributed by atoms with Crippen molar-refractivity contribution >= 4 is 28.4 Å². The zero-order valence-electron chi connectivity index (χ0n) is 18.5. The standard InChI is InChI=1S/C27H26N4O2/c1-18-7-12-24-23(17-18)25(19-5-3-2-4-6-19)30-27(29-24)31-15-13-20(14-16-31)26(33)28-21-8-10-22(32)11-9-21/h2-12,17,20,32H,13-16H2,1H3,(H,28,33). The van der Waals surface area contributed by atoms with Crippen LogP contribution in [0, 0.1) is 12.8 Å². The number of carbonyl (C=O) groups excluding carboxylic acids is 1. The molecular formula is C27H26N4O2. The summed E-state index contributed by atoms with van der Waals surface area (Å²) >= 11 is 0. The Morgan fingerprint density at radius 1 is 0.970 bits per heavy atom. The fourth-order valence-electron chi connectivity index (χ4n) is 4.32. The Kier molecular flexibility index (Phi) is 5.65. The molecule has 1 aliphatic heterocycles. The van der Waals surface area contributed by atoms with Crippen LogP contribution in [0.2, 0.25) is 0 Å². The van der Waals surface area contributed by atoms with E-state index in [1.54, 1.807) is 24.3 Å². The number of anilines is 2. The number of aryl methyl sites for hydroxylation is 1. The number of piperidine rings is 1. The van der Waals surface area contributed by atoms with Crippen LogP contribution in [-0.2, 0) is 4.79 Å². The van der Waals surface area contributed by atoms with Gasteiger partial charge in [0.05, 0.1) is 11.2 Å². The number of aromatic hydroxyl groups is 1. The maximum absolute atomic E-state index is 12.7. The molecule has 6 nitrogen and oxygen atoms in total. The van der Waals surface area contributed by atoms with E-state index in [1.165, 1.54) is 5.56 Å². The van der Waals surface area contributed by atoms with Gasteiger partial charge in [-0.2, -0.15) is 0 Å². The first-order chi connectivity index (χ1) is 16.1. The molecule has 33 heavy (non-hydrogen) atoms. The second-order valence-electron chi connectivity index (χ2n) is 8.56. The number of amides is 1. The summed E-state index contributed by atoms with van der Waals surface area (Å²) in [6.07, 6.45) is 1.47. The summed E-state index contributed by atoms with van der Waals surface area (Å²) in [6.45, 7) is 3.52. The zero-order chi connectivity index (χ0) is 22.8. The molecule has 1 aromatic heterocycles. The number of benzene rings is 3. The summed E-state index contributed by atoms with van der Waals surface area (Å²) in [4.78, 5) is 24.7. The summed E-state index contributed by atoms with van der Waals surface area (Å²) in [7, 11) is 0. The first-order valence-electron chi connectivity index (χ1n) is 11.3. The quantitative estimate of drug-likeness (QED) is 0.430. The molecule has 1 aliphatic rings. The number of nitrogens with zero attached hydrogens (tertiary/aromatic N) is 3. The van der Waals surface area contributed by atoms with Crippen molar-refractivity contribution in [2.24, 2.45) is 5.92 Å². The first-order valence-corrected chi connectivity index (χ1v) is 11.3. The minimum atomic E-state index is -0.0632. The van der Waals surface area contributed by atoms with E-state index in [2.05, 4.69) is 47.5 Å². The van der Waals surface area contributed by atoms with Gasteiger partial charge < -0.3 is 15.3 Å². The average molecular weight is 439 g/mol. The zero-order valence-corrected chi connectivity index (χ0v) is 18.5. The molecule has 6 heteroatoms.